The van der Waals surface area contributed by atoms with Crippen molar-refractivity contribution < 1.29 is 14.2 Å². The van der Waals surface area contributed by atoms with Crippen LogP contribution in [0.2, 0.25) is 10.0 Å². The number of imidazole rings is 1. The van der Waals surface area contributed by atoms with E-state index in [2.05, 4.69) is 32.2 Å². The van der Waals surface area contributed by atoms with E-state index in [1.165, 1.54) is 5.69 Å². The number of nitrogens with zero attached hydrogens (tertiary/aromatic N) is 4. The molecule has 3 heterocycles. The molecule has 37 heavy (non-hydrogen) atoms. The Morgan fingerprint density at radius 3 is 2.62 bits per heavy atom. The van der Waals surface area contributed by atoms with E-state index in [0.29, 0.717) is 29.8 Å². The average molecular weight is 563 g/mol. The van der Waals surface area contributed by atoms with E-state index in [1.54, 1.807) is 24.7 Å². The molecular formula is C26H29Cl2N5O3S. The van der Waals surface area contributed by atoms with Crippen molar-refractivity contribution >= 4 is 46.2 Å². The van der Waals surface area contributed by atoms with Gasteiger partial charge in [0.05, 0.1) is 24.5 Å². The molecule has 0 saturated carbocycles. The zero-order valence-electron chi connectivity index (χ0n) is 20.5. The van der Waals surface area contributed by atoms with Crippen LogP contribution in [0.25, 0.3) is 0 Å². The molecule has 3 aromatic rings. The van der Waals surface area contributed by atoms with E-state index in [9.17, 15) is 0 Å². The van der Waals surface area contributed by atoms with Crippen LogP contribution in [-0.4, -0.2) is 72.1 Å². The fraction of sp³-hybridized carbons (Fsp3) is 0.385. The minimum atomic E-state index is -1.07. The molecule has 2 unspecified atom stereocenters. The van der Waals surface area contributed by atoms with E-state index >= 15 is 0 Å². The number of piperazine rings is 1. The molecule has 2 aliphatic heterocycles. The molecule has 2 saturated heterocycles. The Bertz CT molecular complexity index is 1210. The lowest BCUT2D eigenvalue weighted by Crippen LogP contribution is -2.51. The third kappa shape index (κ3) is 5.97. The van der Waals surface area contributed by atoms with Gasteiger partial charge >= 0.3 is 0 Å². The van der Waals surface area contributed by atoms with Gasteiger partial charge in [-0.1, -0.05) is 29.3 Å². The Morgan fingerprint density at radius 1 is 1.16 bits per heavy atom. The van der Waals surface area contributed by atoms with Gasteiger partial charge < -0.3 is 33.9 Å². The molecule has 0 amide bonds. The van der Waals surface area contributed by atoms with Crippen LogP contribution in [0, 0.1) is 0 Å². The van der Waals surface area contributed by atoms with Gasteiger partial charge in [0.25, 0.3) is 0 Å². The van der Waals surface area contributed by atoms with Crippen molar-refractivity contribution in [3.63, 3.8) is 0 Å². The first kappa shape index (κ1) is 26.1. The van der Waals surface area contributed by atoms with Crippen molar-refractivity contribution in [2.45, 2.75) is 18.4 Å². The Labute approximate surface area is 232 Å². The highest BCUT2D eigenvalue weighted by Crippen LogP contribution is 2.40. The van der Waals surface area contributed by atoms with Crippen molar-refractivity contribution in [2.75, 3.05) is 51.3 Å². The number of hydrogen-bond acceptors (Lipinski definition) is 6. The van der Waals surface area contributed by atoms with Gasteiger partial charge in [-0.2, -0.15) is 0 Å². The smallest absolute Gasteiger partial charge is 0.215 e. The summed E-state index contributed by atoms with van der Waals surface area (Å²) in [4.78, 5) is 8.68. The fourth-order valence-corrected chi connectivity index (χ4v) is 5.38. The zero-order valence-corrected chi connectivity index (χ0v) is 22.8. The first-order chi connectivity index (χ1) is 18.0. The zero-order chi connectivity index (χ0) is 25.8. The summed E-state index contributed by atoms with van der Waals surface area (Å²) in [6.45, 7) is 4.74. The number of ether oxygens (including phenoxy) is 3. The molecule has 0 aliphatic carbocycles. The monoisotopic (exact) mass is 561 g/mol. The van der Waals surface area contributed by atoms with E-state index in [-0.39, 0.29) is 6.10 Å². The molecular weight excluding hydrogens is 533 g/mol. The van der Waals surface area contributed by atoms with Crippen molar-refractivity contribution in [2.24, 2.45) is 0 Å². The van der Waals surface area contributed by atoms with E-state index in [1.807, 2.05) is 36.0 Å². The molecule has 0 bridgehead atoms. The van der Waals surface area contributed by atoms with Crippen molar-refractivity contribution in [1.29, 1.82) is 0 Å². The molecule has 11 heteroatoms. The second kappa shape index (κ2) is 11.4. The van der Waals surface area contributed by atoms with Crippen molar-refractivity contribution in [3.05, 3.63) is 76.8 Å². The lowest BCUT2D eigenvalue weighted by Gasteiger charge is -2.37. The molecule has 1 aromatic heterocycles. The highest BCUT2D eigenvalue weighted by Gasteiger charge is 2.45. The molecule has 196 valence electrons. The number of benzene rings is 2. The lowest BCUT2D eigenvalue weighted by molar-refractivity contribution is -0.189. The highest BCUT2D eigenvalue weighted by atomic mass is 35.5. The van der Waals surface area contributed by atoms with Crippen LogP contribution in [0.15, 0.2) is 61.2 Å². The lowest BCUT2D eigenvalue weighted by atomic mass is 10.1. The first-order valence-corrected chi connectivity index (χ1v) is 13.3. The molecule has 0 radical (unpaired) electrons. The van der Waals surface area contributed by atoms with Gasteiger partial charge in [0.1, 0.15) is 18.5 Å². The van der Waals surface area contributed by atoms with Crippen molar-refractivity contribution in [3.8, 4) is 5.75 Å². The van der Waals surface area contributed by atoms with Gasteiger partial charge in [0.2, 0.25) is 5.79 Å². The summed E-state index contributed by atoms with van der Waals surface area (Å²) in [7, 11) is 1.86. The van der Waals surface area contributed by atoms with Crippen LogP contribution in [0.3, 0.4) is 0 Å². The molecule has 8 nitrogen and oxygen atoms in total. The number of nitrogens with one attached hydrogen (secondary N) is 1. The van der Waals surface area contributed by atoms with Crippen LogP contribution in [0.1, 0.15) is 5.56 Å². The third-order valence-electron chi connectivity index (χ3n) is 6.57. The van der Waals surface area contributed by atoms with Crippen LogP contribution in [0.5, 0.6) is 5.75 Å². The maximum absolute atomic E-state index is 6.55. The maximum atomic E-state index is 6.55. The van der Waals surface area contributed by atoms with Crippen LogP contribution < -0.4 is 15.0 Å². The van der Waals surface area contributed by atoms with Gasteiger partial charge in [-0.3, -0.25) is 0 Å². The SMILES string of the molecule is CNC(=S)N1CCN(c2ccc(OCC3COC(Cn4ccnc4)(c4ccc(Cl)cc4Cl)O3)cc2)CC1. The number of hydrogen-bond donors (Lipinski definition) is 1. The summed E-state index contributed by atoms with van der Waals surface area (Å²) in [5, 5.41) is 4.89. The molecule has 2 aliphatic rings. The third-order valence-corrected chi connectivity index (χ3v) is 7.58. The maximum Gasteiger partial charge on any atom is 0.215 e. The largest absolute Gasteiger partial charge is 0.491 e. The summed E-state index contributed by atoms with van der Waals surface area (Å²) in [6, 6.07) is 13.5. The second-order valence-corrected chi connectivity index (χ2v) is 10.2. The van der Waals surface area contributed by atoms with Gasteiger partial charge in [-0.15, -0.1) is 0 Å². The fourth-order valence-electron chi connectivity index (χ4n) is 4.64. The summed E-state index contributed by atoms with van der Waals surface area (Å²) < 4.78 is 20.7. The first-order valence-electron chi connectivity index (χ1n) is 12.1. The number of rotatable bonds is 7. The average Bonchev–Trinajstić information content (AvgIpc) is 3.58. The molecule has 5 rings (SSSR count). The van der Waals surface area contributed by atoms with Gasteiger partial charge in [0.15, 0.2) is 5.11 Å². The molecule has 1 N–H and O–H groups in total. The van der Waals surface area contributed by atoms with Gasteiger partial charge in [-0.25, -0.2) is 4.98 Å². The Hall–Kier alpha value is -2.56. The van der Waals surface area contributed by atoms with Crippen LogP contribution in [-0.2, 0) is 21.8 Å². The summed E-state index contributed by atoms with van der Waals surface area (Å²) in [6.07, 6.45) is 5.02. The second-order valence-electron chi connectivity index (χ2n) is 9.00. The predicted molar refractivity (Wildman–Crippen MR) is 149 cm³/mol. The predicted octanol–water partition coefficient (Wildman–Crippen LogP) is 4.16. The summed E-state index contributed by atoms with van der Waals surface area (Å²) in [5.41, 5.74) is 1.88. The Kier molecular flexibility index (Phi) is 8.07. The summed E-state index contributed by atoms with van der Waals surface area (Å²) >= 11 is 18.0. The van der Waals surface area contributed by atoms with E-state index in [4.69, 9.17) is 49.6 Å². The number of aromatic nitrogens is 2. The minimum Gasteiger partial charge on any atom is -0.491 e. The highest BCUT2D eigenvalue weighted by molar-refractivity contribution is 7.80. The molecule has 2 atom stereocenters. The topological polar surface area (TPSA) is 64.0 Å². The molecule has 2 fully saturated rings. The summed E-state index contributed by atoms with van der Waals surface area (Å²) in [5.74, 6) is -0.295. The quantitative estimate of drug-likeness (QED) is 0.431. The minimum absolute atomic E-state index is 0.279. The Morgan fingerprint density at radius 2 is 1.95 bits per heavy atom. The molecule has 0 spiro atoms. The van der Waals surface area contributed by atoms with Crippen LogP contribution >= 0.6 is 35.4 Å². The Balaban J connectivity index is 1.20. The van der Waals surface area contributed by atoms with E-state index < -0.39 is 5.79 Å². The normalized spacial score (nSPS) is 21.8. The van der Waals surface area contributed by atoms with Crippen LogP contribution in [0.4, 0.5) is 5.69 Å². The van der Waals surface area contributed by atoms with Gasteiger partial charge in [0, 0.05) is 61.9 Å². The molecule has 2 aromatic carbocycles. The number of thiocarbonyl (C=S) groups is 1. The standard InChI is InChI=1S/C26H29Cl2N5O3S/c1-29-25(37)33-12-10-32(11-13-33)20-3-5-21(6-4-20)34-15-22-16-35-26(36-22,17-31-9-8-30-18-31)23-7-2-19(27)14-24(23)28/h2-9,14,18,22H,10-13,15-17H2,1H3,(H,29,37). The van der Waals surface area contributed by atoms with E-state index in [0.717, 1.165) is 42.6 Å². The number of anilines is 1. The van der Waals surface area contributed by atoms with Crippen molar-refractivity contribution in [1.82, 2.24) is 19.8 Å². The number of halogens is 2. The van der Waals surface area contributed by atoms with Gasteiger partial charge in [-0.05, 0) is 48.6 Å².